The van der Waals surface area contributed by atoms with Gasteiger partial charge in [0.15, 0.2) is 0 Å². The number of amides is 1. The Morgan fingerprint density at radius 3 is 2.50 bits per heavy atom. The Labute approximate surface area is 171 Å². The molecule has 1 heterocycles. The minimum atomic E-state index is -1.08. The highest BCUT2D eigenvalue weighted by Crippen LogP contribution is 2.66. The van der Waals surface area contributed by atoms with Gasteiger partial charge in [-0.25, -0.2) is 13.6 Å². The van der Waals surface area contributed by atoms with Gasteiger partial charge in [0.1, 0.15) is 11.6 Å². The molecule has 150 valence electrons. The van der Waals surface area contributed by atoms with E-state index in [0.29, 0.717) is 23.2 Å². The summed E-state index contributed by atoms with van der Waals surface area (Å²) in [6.45, 7) is 0.0583. The van der Waals surface area contributed by atoms with E-state index in [4.69, 9.17) is 0 Å². The van der Waals surface area contributed by atoms with Crippen LogP contribution in [0.3, 0.4) is 0 Å². The summed E-state index contributed by atoms with van der Waals surface area (Å²) in [5.41, 5.74) is 1.64. The van der Waals surface area contributed by atoms with Crippen molar-refractivity contribution in [2.75, 3.05) is 4.90 Å². The first-order valence-corrected chi connectivity index (χ1v) is 9.60. The number of carbonyl (C=O) groups is 2. The molecule has 4 nitrogen and oxygen atoms in total. The van der Waals surface area contributed by atoms with Gasteiger partial charge >= 0.3 is 5.97 Å². The molecule has 2 atom stereocenters. The molecule has 1 fully saturated rings. The normalized spacial score (nSPS) is 21.7. The Hall–Kier alpha value is -3.54. The average molecular weight is 405 g/mol. The SMILES string of the molecule is O=C(O)c1ccc2c(c1)[C@]1(C[C@@H]1c1ccc(F)cc1)C(=O)N2Cc1ccccc1F. The summed E-state index contributed by atoms with van der Waals surface area (Å²) >= 11 is 0. The van der Waals surface area contributed by atoms with Crippen molar-refractivity contribution in [3.63, 3.8) is 0 Å². The molecule has 0 saturated heterocycles. The number of hydrogen-bond acceptors (Lipinski definition) is 2. The highest BCUT2D eigenvalue weighted by Gasteiger charge is 2.67. The molecule has 1 aliphatic carbocycles. The smallest absolute Gasteiger partial charge is 0.335 e. The maximum atomic E-state index is 14.3. The Morgan fingerprint density at radius 1 is 1.07 bits per heavy atom. The number of benzene rings is 3. The van der Waals surface area contributed by atoms with E-state index in [0.717, 1.165) is 5.56 Å². The molecule has 1 amide bonds. The molecule has 2 aliphatic rings. The lowest BCUT2D eigenvalue weighted by Crippen LogP contribution is -2.32. The summed E-state index contributed by atoms with van der Waals surface area (Å²) in [5.74, 6) is -2.20. The second kappa shape index (κ2) is 6.49. The average Bonchev–Trinajstić information content (AvgIpc) is 3.45. The Balaban J connectivity index is 1.60. The van der Waals surface area contributed by atoms with E-state index in [1.807, 2.05) is 0 Å². The lowest BCUT2D eigenvalue weighted by Gasteiger charge is -2.19. The van der Waals surface area contributed by atoms with E-state index in [9.17, 15) is 23.5 Å². The zero-order valence-electron chi connectivity index (χ0n) is 15.8. The topological polar surface area (TPSA) is 57.6 Å². The summed E-state index contributed by atoms with van der Waals surface area (Å²) in [7, 11) is 0. The van der Waals surface area contributed by atoms with Crippen molar-refractivity contribution in [2.45, 2.75) is 24.3 Å². The molecule has 30 heavy (non-hydrogen) atoms. The van der Waals surface area contributed by atoms with Crippen LogP contribution in [0.25, 0.3) is 0 Å². The first-order valence-electron chi connectivity index (χ1n) is 9.60. The molecule has 0 radical (unpaired) electrons. The van der Waals surface area contributed by atoms with E-state index in [-0.39, 0.29) is 29.8 Å². The molecule has 0 bridgehead atoms. The maximum Gasteiger partial charge on any atom is 0.335 e. The van der Waals surface area contributed by atoms with Crippen LogP contribution in [0.15, 0.2) is 66.7 Å². The molecule has 0 aromatic heterocycles. The number of rotatable bonds is 4. The molecule has 1 aliphatic heterocycles. The number of carboxylic acids is 1. The number of fused-ring (bicyclic) bond motifs is 2. The van der Waals surface area contributed by atoms with E-state index in [2.05, 4.69) is 0 Å². The fourth-order valence-corrected chi connectivity index (χ4v) is 4.58. The van der Waals surface area contributed by atoms with Gasteiger partial charge in [0.05, 0.1) is 17.5 Å². The van der Waals surface area contributed by atoms with Crippen molar-refractivity contribution in [1.29, 1.82) is 0 Å². The highest BCUT2D eigenvalue weighted by atomic mass is 19.1. The van der Waals surface area contributed by atoms with Gasteiger partial charge in [0.2, 0.25) is 5.91 Å². The van der Waals surface area contributed by atoms with Gasteiger partial charge in [-0.2, -0.15) is 0 Å². The van der Waals surface area contributed by atoms with Crippen molar-refractivity contribution >= 4 is 17.6 Å². The third-order valence-corrected chi connectivity index (χ3v) is 6.16. The number of carboxylic acid groups (broad SMARTS) is 1. The summed E-state index contributed by atoms with van der Waals surface area (Å²) in [4.78, 5) is 26.6. The standard InChI is InChI=1S/C24H17F2NO3/c25-17-8-5-14(6-9-17)19-12-24(19)18-11-15(22(28)29)7-10-21(18)27(23(24)30)13-16-3-1-2-4-20(16)26/h1-11,19H,12-13H2,(H,28,29)/t19-,24+/m1/s1. The van der Waals surface area contributed by atoms with Crippen LogP contribution in [0.5, 0.6) is 0 Å². The van der Waals surface area contributed by atoms with Gasteiger partial charge in [-0.3, -0.25) is 4.79 Å². The fourth-order valence-electron chi connectivity index (χ4n) is 4.58. The van der Waals surface area contributed by atoms with Crippen molar-refractivity contribution in [1.82, 2.24) is 0 Å². The van der Waals surface area contributed by atoms with Crippen LogP contribution in [0.4, 0.5) is 14.5 Å². The first-order chi connectivity index (χ1) is 14.4. The predicted molar refractivity (Wildman–Crippen MR) is 106 cm³/mol. The number of hydrogen-bond donors (Lipinski definition) is 1. The van der Waals surface area contributed by atoms with Crippen LogP contribution in [0.1, 0.15) is 39.4 Å². The second-order valence-corrected chi connectivity index (χ2v) is 7.80. The van der Waals surface area contributed by atoms with Crippen LogP contribution in [0, 0.1) is 11.6 Å². The third kappa shape index (κ3) is 2.64. The monoisotopic (exact) mass is 405 g/mol. The van der Waals surface area contributed by atoms with Crippen molar-refractivity contribution < 1.29 is 23.5 Å². The Kier molecular flexibility index (Phi) is 4.00. The Morgan fingerprint density at radius 2 is 1.80 bits per heavy atom. The van der Waals surface area contributed by atoms with Crippen molar-refractivity contribution in [3.8, 4) is 0 Å². The maximum absolute atomic E-state index is 14.3. The molecule has 1 saturated carbocycles. The highest BCUT2D eigenvalue weighted by molar-refractivity contribution is 6.12. The summed E-state index contributed by atoms with van der Waals surface area (Å²) < 4.78 is 27.6. The van der Waals surface area contributed by atoms with E-state index in [1.165, 1.54) is 29.2 Å². The van der Waals surface area contributed by atoms with Crippen molar-refractivity contribution in [2.24, 2.45) is 0 Å². The minimum Gasteiger partial charge on any atom is -0.478 e. The van der Waals surface area contributed by atoms with Gasteiger partial charge in [-0.05, 0) is 53.9 Å². The lowest BCUT2D eigenvalue weighted by molar-refractivity contribution is -0.120. The predicted octanol–water partition coefficient (Wildman–Crippen LogP) is 4.64. The zero-order chi connectivity index (χ0) is 21.0. The molecule has 5 rings (SSSR count). The van der Waals surface area contributed by atoms with Gasteiger partial charge in [0, 0.05) is 17.2 Å². The molecular formula is C24H17F2NO3. The molecule has 0 unspecified atom stereocenters. The zero-order valence-corrected chi connectivity index (χ0v) is 15.8. The largest absolute Gasteiger partial charge is 0.478 e. The fraction of sp³-hybridized carbons (Fsp3) is 0.167. The lowest BCUT2D eigenvalue weighted by atomic mass is 9.91. The second-order valence-electron chi connectivity index (χ2n) is 7.80. The summed E-state index contributed by atoms with van der Waals surface area (Å²) in [5, 5.41) is 9.43. The summed E-state index contributed by atoms with van der Waals surface area (Å²) in [6.07, 6.45) is 0.501. The molecule has 3 aromatic carbocycles. The van der Waals surface area contributed by atoms with Gasteiger partial charge in [-0.15, -0.1) is 0 Å². The first kappa shape index (κ1) is 18.5. The minimum absolute atomic E-state index is 0.0583. The number of halogens is 2. The van der Waals surface area contributed by atoms with E-state index < -0.39 is 17.2 Å². The van der Waals surface area contributed by atoms with Gasteiger partial charge < -0.3 is 10.0 Å². The van der Waals surface area contributed by atoms with Crippen LogP contribution in [-0.4, -0.2) is 17.0 Å². The van der Waals surface area contributed by atoms with Crippen LogP contribution >= 0.6 is 0 Å². The number of anilines is 1. The van der Waals surface area contributed by atoms with E-state index >= 15 is 0 Å². The molecule has 3 aromatic rings. The molecular weight excluding hydrogens is 388 g/mol. The van der Waals surface area contributed by atoms with Gasteiger partial charge in [-0.1, -0.05) is 30.3 Å². The van der Waals surface area contributed by atoms with E-state index in [1.54, 1.807) is 42.5 Å². The quantitative estimate of drug-likeness (QED) is 0.688. The number of carbonyl (C=O) groups excluding carboxylic acids is 1. The van der Waals surface area contributed by atoms with Crippen LogP contribution < -0.4 is 4.90 Å². The molecule has 1 spiro atoms. The Bertz CT molecular complexity index is 1190. The molecule has 1 N–H and O–H groups in total. The number of aromatic carboxylic acids is 1. The van der Waals surface area contributed by atoms with Crippen LogP contribution in [-0.2, 0) is 16.8 Å². The number of nitrogens with zero attached hydrogens (tertiary/aromatic N) is 1. The van der Waals surface area contributed by atoms with Crippen molar-refractivity contribution in [3.05, 3.63) is 101 Å². The van der Waals surface area contributed by atoms with Gasteiger partial charge in [0.25, 0.3) is 0 Å². The van der Waals surface area contributed by atoms with Crippen LogP contribution in [0.2, 0.25) is 0 Å². The molecule has 6 heteroatoms. The third-order valence-electron chi connectivity index (χ3n) is 6.16. The summed E-state index contributed by atoms with van der Waals surface area (Å²) in [6, 6.07) is 16.9.